The first kappa shape index (κ1) is 105. The molecule has 3 N–H and O–H groups in total. The summed E-state index contributed by atoms with van der Waals surface area (Å²) in [4.78, 5) is 88.3. The maximum absolute atomic E-state index is 14.7. The molecule has 19 heteroatoms. The fraction of sp³-hybridized carbons (Fsp3) is 0.880. The summed E-state index contributed by atoms with van der Waals surface area (Å²) in [6, 6.07) is 4.06. The molecule has 1 unspecified atom stereocenters. The Morgan fingerprint density at radius 2 is 0.546 bits per heavy atom. The van der Waals surface area contributed by atoms with Gasteiger partial charge in [0.1, 0.15) is 42.4 Å². The van der Waals surface area contributed by atoms with E-state index in [2.05, 4.69) is 273 Å². The summed E-state index contributed by atoms with van der Waals surface area (Å²) in [5, 5.41) is 18.8. The molecule has 0 aliphatic carbocycles. The average molecular weight is 1670 g/mol. The number of hydrogen-bond acceptors (Lipinski definition) is 19. The van der Waals surface area contributed by atoms with Gasteiger partial charge >= 0.3 is 35.8 Å². The van der Waals surface area contributed by atoms with Crippen LogP contribution in [0.5, 0.6) is 5.75 Å². The minimum atomic E-state index is -1.13. The Hall–Kier alpha value is -4.40. The Balaban J connectivity index is 0.000000325. The lowest BCUT2D eigenvalue weighted by atomic mass is 9.74. The molecule has 0 spiro atoms. The van der Waals surface area contributed by atoms with Crippen molar-refractivity contribution in [3.8, 4) is 5.75 Å². The predicted octanol–water partition coefficient (Wildman–Crippen LogP) is 21.6. The number of carbonyl (C=O) groups is 6. The smallest absolute Gasteiger partial charge is 0.321 e. The lowest BCUT2D eigenvalue weighted by Crippen LogP contribution is -2.61. The van der Waals surface area contributed by atoms with Gasteiger partial charge in [-0.05, 0) is 254 Å². The van der Waals surface area contributed by atoms with E-state index in [-0.39, 0.29) is 144 Å². The van der Waals surface area contributed by atoms with Gasteiger partial charge in [0.2, 0.25) is 0 Å². The summed E-state index contributed by atoms with van der Waals surface area (Å²) < 4.78 is 36.2. The number of likely N-dealkylation sites (tertiary alicyclic amines) is 4. The highest BCUT2D eigenvalue weighted by atomic mass is 16.6. The highest BCUT2D eigenvalue weighted by Gasteiger charge is 2.52. The Morgan fingerprint density at radius 1 is 0.345 bits per heavy atom. The molecule has 1 atom stereocenters. The van der Waals surface area contributed by atoms with Gasteiger partial charge in [-0.3, -0.25) is 48.4 Å². The van der Waals surface area contributed by atoms with Gasteiger partial charge in [0.05, 0.1) is 0 Å². The molecular formula is C100H180N6O13. The molecule has 119 heavy (non-hydrogen) atoms. The Bertz CT molecular complexity index is 3140. The van der Waals surface area contributed by atoms with Crippen molar-refractivity contribution < 1.29 is 62.3 Å². The molecule has 6 saturated heterocycles. The minimum Gasteiger partial charge on any atom is -0.507 e. The van der Waals surface area contributed by atoms with Gasteiger partial charge in [-0.25, -0.2) is 0 Å². The highest BCUT2D eigenvalue weighted by molar-refractivity contribution is 5.96. The second-order valence-corrected chi connectivity index (χ2v) is 47.5. The summed E-state index contributed by atoms with van der Waals surface area (Å²) in [6.07, 6.45) is 25.4. The normalized spacial score (nSPS) is 23.5. The quantitative estimate of drug-likeness (QED) is 0.0273. The molecule has 0 radical (unpaired) electrons. The van der Waals surface area contributed by atoms with Gasteiger partial charge in [0.15, 0.2) is 5.92 Å². The molecular weight excluding hydrogens is 1490 g/mol. The number of hydrogen-bond donors (Lipinski definition) is 3. The highest BCUT2D eigenvalue weighted by Crippen LogP contribution is 2.48. The largest absolute Gasteiger partial charge is 0.507 e. The van der Waals surface area contributed by atoms with E-state index in [0.717, 1.165) is 158 Å². The molecule has 0 aromatic heterocycles. The maximum Gasteiger partial charge on any atom is 0.321 e. The van der Waals surface area contributed by atoms with Crippen molar-refractivity contribution in [1.29, 1.82) is 0 Å². The van der Waals surface area contributed by atoms with Gasteiger partial charge < -0.3 is 44.2 Å². The van der Waals surface area contributed by atoms with Crippen LogP contribution < -0.4 is 10.6 Å². The van der Waals surface area contributed by atoms with Gasteiger partial charge in [-0.2, -0.15) is 0 Å². The molecule has 0 bridgehead atoms. The van der Waals surface area contributed by atoms with E-state index >= 15 is 0 Å². The summed E-state index contributed by atoms with van der Waals surface area (Å²) in [5.41, 5.74) is 1.11. The van der Waals surface area contributed by atoms with Crippen LogP contribution in [0.3, 0.4) is 0 Å². The number of phenolic OH excluding ortho intramolecular Hbond substituents is 1. The number of rotatable bonds is 31. The van der Waals surface area contributed by atoms with Crippen LogP contribution in [-0.4, -0.2) is 192 Å². The van der Waals surface area contributed by atoms with E-state index in [4.69, 9.17) is 28.4 Å². The summed E-state index contributed by atoms with van der Waals surface area (Å²) in [6.45, 7) is 67.3. The first-order valence-corrected chi connectivity index (χ1v) is 46.7. The lowest BCUT2D eigenvalue weighted by molar-refractivity contribution is -0.179. The van der Waals surface area contributed by atoms with Crippen LogP contribution in [0, 0.1) is 5.92 Å². The van der Waals surface area contributed by atoms with Crippen LogP contribution in [0.4, 0.5) is 0 Å². The monoisotopic (exact) mass is 1670 g/mol. The van der Waals surface area contributed by atoms with Crippen LogP contribution >= 0.6 is 0 Å². The van der Waals surface area contributed by atoms with Crippen LogP contribution in [0.2, 0.25) is 0 Å². The Kier molecular flexibility index (Phi) is 36.5. The van der Waals surface area contributed by atoms with Gasteiger partial charge in [0.25, 0.3) is 0 Å². The van der Waals surface area contributed by atoms with E-state index < -0.39 is 23.8 Å². The van der Waals surface area contributed by atoms with Crippen LogP contribution in [-0.2, 0) is 68.0 Å². The van der Waals surface area contributed by atoms with Crippen molar-refractivity contribution in [2.75, 3.05) is 28.2 Å². The zero-order valence-corrected chi connectivity index (χ0v) is 82.8. The third-order valence-corrected chi connectivity index (χ3v) is 28.1. The number of esters is 6. The SMILES string of the molecule is CC1(C)CC(OC(=O)CCCCCCCCC(=O)OC2CC(C)(C)NC(C)(C)C2)CC(C)(C)N1.CCCCC(c1cc(C(C)(C)C)c(O)c(C(C)(C)C)c1)C(C(=O)OC1CC(C)(C)N(C)C(C)(C)C1)C(=O)OC1CC(C)(C)N(C)C(C)(C)C1.CN1C(C)(C)CC(OC(=O)CCCCCCCCC(=O)OC2CC(C)(C)N(C)C(C)(C)C2)CC1(C)C. The molecule has 1 aromatic rings. The molecule has 1 aromatic carbocycles. The van der Waals surface area contributed by atoms with Crippen molar-refractivity contribution in [1.82, 2.24) is 30.2 Å². The van der Waals surface area contributed by atoms with Crippen molar-refractivity contribution in [3.05, 3.63) is 28.8 Å². The first-order chi connectivity index (χ1) is 54.1. The first-order valence-electron chi connectivity index (χ1n) is 46.7. The molecule has 19 nitrogen and oxygen atoms in total. The summed E-state index contributed by atoms with van der Waals surface area (Å²) in [5.74, 6) is -2.56. The second-order valence-electron chi connectivity index (χ2n) is 47.5. The molecule has 6 aliphatic rings. The van der Waals surface area contributed by atoms with E-state index in [1.165, 1.54) is 0 Å². The predicted molar refractivity (Wildman–Crippen MR) is 486 cm³/mol. The standard InChI is InChI=1S/C42H72N2O5.C30H56N2O4.C28H52N2O4/c1-18-19-20-30(27-21-31(37(2,3)4)34(45)32(22-27)38(5,6)7)33(35(46)48-28-23-39(8,9)43(16)40(10,11)24-28)36(47)49-29-25-41(12,13)44(17)42(14,15)26-29;1-27(2)19-23(20-28(3,4)31(27)9)35-25(33)17-15-13-11-12-14-16-18-26(34)36-24-21-29(5,6)32(10)30(7,8)22-24;1-25(2)17-21(18-26(3,4)29-25)33-23(31)15-13-11-9-10-12-14-16-24(32)34-22-19-27(5,6)30-28(7,8)20-22/h21-22,28-30,33,45H,18-20,23-26H2,1-17H3;23-24H,11-22H2,1-10H3;21-22,29-30H,9-20H2,1-8H3. The second kappa shape index (κ2) is 41.4. The Morgan fingerprint density at radius 3 is 0.756 bits per heavy atom. The topological polar surface area (TPSA) is 215 Å². The molecule has 7 rings (SSSR count). The fourth-order valence-electron chi connectivity index (χ4n) is 21.4. The summed E-state index contributed by atoms with van der Waals surface area (Å²) in [7, 11) is 8.59. The van der Waals surface area contributed by atoms with Gasteiger partial charge in [0, 0.05) is 175 Å². The zero-order valence-electron chi connectivity index (χ0n) is 82.8. The molecule has 6 aliphatic heterocycles. The molecule has 6 heterocycles. The van der Waals surface area contributed by atoms with E-state index in [1.807, 2.05) is 12.1 Å². The van der Waals surface area contributed by atoms with Gasteiger partial charge in [-0.1, -0.05) is 125 Å². The van der Waals surface area contributed by atoms with Gasteiger partial charge in [-0.15, -0.1) is 0 Å². The number of unbranched alkanes of at least 4 members (excludes halogenated alkanes) is 11. The third-order valence-electron chi connectivity index (χ3n) is 28.1. The number of piperidine rings is 6. The van der Waals surface area contributed by atoms with Crippen molar-refractivity contribution in [2.24, 2.45) is 5.92 Å². The Labute approximate surface area is 726 Å². The fourth-order valence-corrected chi connectivity index (χ4v) is 21.4. The van der Waals surface area contributed by atoms with E-state index in [0.29, 0.717) is 57.8 Å². The number of phenols is 1. The van der Waals surface area contributed by atoms with Crippen LogP contribution in [0.1, 0.15) is 436 Å². The third kappa shape index (κ3) is 32.2. The minimum absolute atomic E-state index is 0.000484. The summed E-state index contributed by atoms with van der Waals surface area (Å²) >= 11 is 0. The number of nitrogens with one attached hydrogen (secondary N) is 2. The molecule has 6 fully saturated rings. The number of ether oxygens (including phenoxy) is 6. The zero-order chi connectivity index (χ0) is 90.7. The van der Waals surface area contributed by atoms with E-state index in [9.17, 15) is 33.9 Å². The molecule has 0 saturated carbocycles. The number of nitrogens with zero attached hydrogens (tertiary/aromatic N) is 4. The van der Waals surface area contributed by atoms with Crippen LogP contribution in [0.25, 0.3) is 0 Å². The number of benzene rings is 1. The van der Waals surface area contributed by atoms with Crippen molar-refractivity contribution in [2.45, 2.75) is 534 Å². The molecule has 688 valence electrons. The van der Waals surface area contributed by atoms with Crippen molar-refractivity contribution in [3.63, 3.8) is 0 Å². The number of carbonyl (C=O) groups excluding carboxylic acids is 6. The number of aromatic hydroxyl groups is 1. The molecule has 0 amide bonds. The van der Waals surface area contributed by atoms with Crippen molar-refractivity contribution >= 4 is 35.8 Å². The van der Waals surface area contributed by atoms with Crippen LogP contribution in [0.15, 0.2) is 12.1 Å². The van der Waals surface area contributed by atoms with E-state index in [1.54, 1.807) is 0 Å². The lowest BCUT2D eigenvalue weighted by Gasteiger charge is -2.53. The average Bonchev–Trinajstić information content (AvgIpc) is 0.768. The maximum atomic E-state index is 14.7.